The smallest absolute Gasteiger partial charge is 0.290 e. The lowest BCUT2D eigenvalue weighted by Crippen LogP contribution is -2.49. The van der Waals surface area contributed by atoms with Gasteiger partial charge in [-0.1, -0.05) is 6.42 Å². The Hall–Kier alpha value is -1.63. The molecule has 2 fully saturated rings. The average molecular weight is 341 g/mol. The molecule has 1 atom stereocenters. The number of amides is 2. The van der Waals surface area contributed by atoms with Gasteiger partial charge < -0.3 is 15.3 Å². The Balaban J connectivity index is 0.000000891. The zero-order chi connectivity index (χ0) is 18.1. The van der Waals surface area contributed by atoms with Gasteiger partial charge in [0.05, 0.1) is 6.04 Å². The molecule has 7 nitrogen and oxygen atoms in total. The van der Waals surface area contributed by atoms with Gasteiger partial charge in [0.2, 0.25) is 11.8 Å². The molecule has 1 saturated heterocycles. The molecule has 0 bridgehead atoms. The number of rotatable bonds is 5. The van der Waals surface area contributed by atoms with Gasteiger partial charge in [-0.2, -0.15) is 0 Å². The number of hydrogen-bond acceptors (Lipinski definition) is 4. The van der Waals surface area contributed by atoms with Gasteiger partial charge in [0, 0.05) is 26.6 Å². The third-order valence-corrected chi connectivity index (χ3v) is 5.04. The number of nitrogens with one attached hydrogen (secondary N) is 1. The van der Waals surface area contributed by atoms with Gasteiger partial charge in [-0.3, -0.25) is 19.3 Å². The van der Waals surface area contributed by atoms with E-state index < -0.39 is 0 Å². The monoisotopic (exact) mass is 341 g/mol. The van der Waals surface area contributed by atoms with Gasteiger partial charge >= 0.3 is 0 Å². The van der Waals surface area contributed by atoms with Crippen molar-refractivity contribution in [2.45, 2.75) is 45.1 Å². The SMILES string of the molecule is CC(C(=O)N(C)C)N1CCC(CNC(=O)C2CCC2)CC1.O=CO. The molecule has 2 amide bonds. The van der Waals surface area contributed by atoms with E-state index >= 15 is 0 Å². The van der Waals surface area contributed by atoms with Crippen LogP contribution < -0.4 is 5.32 Å². The number of piperidine rings is 1. The van der Waals surface area contributed by atoms with Gasteiger partial charge in [-0.25, -0.2) is 0 Å². The van der Waals surface area contributed by atoms with Crippen molar-refractivity contribution in [1.82, 2.24) is 15.1 Å². The maximum Gasteiger partial charge on any atom is 0.290 e. The molecule has 1 aliphatic heterocycles. The van der Waals surface area contributed by atoms with Crippen LogP contribution >= 0.6 is 0 Å². The first-order chi connectivity index (χ1) is 11.4. The Morgan fingerprint density at radius 1 is 1.25 bits per heavy atom. The van der Waals surface area contributed by atoms with Crippen LogP contribution in [0.1, 0.15) is 39.0 Å². The van der Waals surface area contributed by atoms with Crippen LogP contribution in [0.4, 0.5) is 0 Å². The summed E-state index contributed by atoms with van der Waals surface area (Å²) in [5, 5.41) is 10.00. The molecule has 138 valence electrons. The molecule has 1 unspecified atom stereocenters. The molecule has 7 heteroatoms. The Morgan fingerprint density at radius 3 is 2.21 bits per heavy atom. The van der Waals surface area contributed by atoms with Crippen LogP contribution in [0.5, 0.6) is 0 Å². The number of likely N-dealkylation sites (tertiary alicyclic amines) is 1. The minimum Gasteiger partial charge on any atom is -0.483 e. The molecular weight excluding hydrogens is 310 g/mol. The van der Waals surface area contributed by atoms with E-state index in [1.807, 2.05) is 21.0 Å². The third kappa shape index (κ3) is 6.11. The van der Waals surface area contributed by atoms with E-state index in [-0.39, 0.29) is 30.2 Å². The summed E-state index contributed by atoms with van der Waals surface area (Å²) in [7, 11) is 3.61. The fourth-order valence-corrected chi connectivity index (χ4v) is 3.13. The Labute approximate surface area is 144 Å². The standard InChI is InChI=1S/C16H29N3O2.CH2O2/c1-12(16(21)18(2)3)19-9-7-13(8-10-19)11-17-15(20)14-5-4-6-14;2-1-3/h12-14H,4-11H2,1-3H3,(H,17,20);1H,(H,2,3). The summed E-state index contributed by atoms with van der Waals surface area (Å²) in [5.74, 6) is 1.27. The Kier molecular flexibility index (Phi) is 8.74. The number of carbonyl (C=O) groups excluding carboxylic acids is 2. The molecule has 0 aromatic carbocycles. The van der Waals surface area contributed by atoms with E-state index in [1.165, 1.54) is 6.42 Å². The molecule has 1 heterocycles. The van der Waals surface area contributed by atoms with Crippen molar-refractivity contribution in [3.63, 3.8) is 0 Å². The molecule has 2 N–H and O–H groups in total. The fraction of sp³-hybridized carbons (Fsp3) is 0.824. The summed E-state index contributed by atoms with van der Waals surface area (Å²) < 4.78 is 0. The van der Waals surface area contributed by atoms with E-state index in [4.69, 9.17) is 9.90 Å². The van der Waals surface area contributed by atoms with Crippen molar-refractivity contribution >= 4 is 18.3 Å². The number of likely N-dealkylation sites (N-methyl/N-ethyl adjacent to an activating group) is 1. The molecule has 2 rings (SSSR count). The van der Waals surface area contributed by atoms with Crippen LogP contribution in [0.2, 0.25) is 0 Å². The second kappa shape index (κ2) is 10.3. The molecule has 0 spiro atoms. The van der Waals surface area contributed by atoms with Crippen LogP contribution in [0.15, 0.2) is 0 Å². The molecule has 1 aliphatic carbocycles. The topological polar surface area (TPSA) is 90.0 Å². The van der Waals surface area contributed by atoms with Crippen LogP contribution in [0.25, 0.3) is 0 Å². The summed E-state index contributed by atoms with van der Waals surface area (Å²) in [4.78, 5) is 36.1. The predicted molar refractivity (Wildman–Crippen MR) is 91.5 cm³/mol. The molecule has 0 aromatic heterocycles. The normalized spacial score (nSPS) is 20.1. The van der Waals surface area contributed by atoms with E-state index in [0.717, 1.165) is 45.3 Å². The Bertz CT molecular complexity index is 416. The van der Waals surface area contributed by atoms with Crippen molar-refractivity contribution in [2.24, 2.45) is 11.8 Å². The van der Waals surface area contributed by atoms with E-state index in [1.54, 1.807) is 4.90 Å². The van der Waals surface area contributed by atoms with Crippen molar-refractivity contribution in [3.8, 4) is 0 Å². The number of carboxylic acid groups (broad SMARTS) is 1. The second-order valence-electron chi connectivity index (χ2n) is 6.87. The van der Waals surface area contributed by atoms with Gasteiger partial charge in [0.1, 0.15) is 0 Å². The molecule has 0 aromatic rings. The summed E-state index contributed by atoms with van der Waals surface area (Å²) in [6.07, 6.45) is 5.46. The first-order valence-electron chi connectivity index (χ1n) is 8.71. The lowest BCUT2D eigenvalue weighted by atomic mass is 9.84. The van der Waals surface area contributed by atoms with Gasteiger partial charge in [-0.15, -0.1) is 0 Å². The summed E-state index contributed by atoms with van der Waals surface area (Å²) in [5.41, 5.74) is 0. The molecular formula is C17H31N3O4. The first kappa shape index (κ1) is 20.4. The summed E-state index contributed by atoms with van der Waals surface area (Å²) in [6, 6.07) is -0.0366. The lowest BCUT2D eigenvalue weighted by Gasteiger charge is -2.36. The summed E-state index contributed by atoms with van der Waals surface area (Å²) in [6.45, 7) is 4.44. The van der Waals surface area contributed by atoms with Crippen molar-refractivity contribution in [3.05, 3.63) is 0 Å². The number of nitrogens with zero attached hydrogens (tertiary/aromatic N) is 2. The zero-order valence-electron chi connectivity index (χ0n) is 15.0. The van der Waals surface area contributed by atoms with Gasteiger partial charge in [0.25, 0.3) is 6.47 Å². The lowest BCUT2D eigenvalue weighted by molar-refractivity contribution is -0.134. The number of carbonyl (C=O) groups is 3. The second-order valence-corrected chi connectivity index (χ2v) is 6.87. The maximum atomic E-state index is 12.0. The van der Waals surface area contributed by atoms with Gasteiger partial charge in [0.15, 0.2) is 0 Å². The van der Waals surface area contributed by atoms with Crippen molar-refractivity contribution in [2.75, 3.05) is 33.7 Å². The van der Waals surface area contributed by atoms with E-state index in [0.29, 0.717) is 5.92 Å². The highest BCUT2D eigenvalue weighted by molar-refractivity contribution is 5.81. The molecule has 1 saturated carbocycles. The van der Waals surface area contributed by atoms with Crippen LogP contribution in [-0.4, -0.2) is 73.0 Å². The molecule has 0 radical (unpaired) electrons. The quantitative estimate of drug-likeness (QED) is 0.722. The highest BCUT2D eigenvalue weighted by Crippen LogP contribution is 2.26. The van der Waals surface area contributed by atoms with Crippen LogP contribution in [0, 0.1) is 11.8 Å². The van der Waals surface area contributed by atoms with Crippen molar-refractivity contribution in [1.29, 1.82) is 0 Å². The highest BCUT2D eigenvalue weighted by atomic mass is 16.3. The maximum absolute atomic E-state index is 12.0. The molecule has 2 aliphatic rings. The minimum absolute atomic E-state index is 0.0366. The van der Waals surface area contributed by atoms with Crippen LogP contribution in [-0.2, 0) is 14.4 Å². The predicted octanol–water partition coefficient (Wildman–Crippen LogP) is 0.792. The largest absolute Gasteiger partial charge is 0.483 e. The van der Waals surface area contributed by atoms with Crippen LogP contribution in [0.3, 0.4) is 0 Å². The highest BCUT2D eigenvalue weighted by Gasteiger charge is 2.29. The zero-order valence-corrected chi connectivity index (χ0v) is 15.0. The number of hydrogen-bond donors (Lipinski definition) is 2. The third-order valence-electron chi connectivity index (χ3n) is 5.04. The van der Waals surface area contributed by atoms with E-state index in [2.05, 4.69) is 10.2 Å². The molecule has 24 heavy (non-hydrogen) atoms. The van der Waals surface area contributed by atoms with E-state index in [9.17, 15) is 9.59 Å². The summed E-state index contributed by atoms with van der Waals surface area (Å²) >= 11 is 0. The Morgan fingerprint density at radius 2 is 1.79 bits per heavy atom. The van der Waals surface area contributed by atoms with Gasteiger partial charge in [-0.05, 0) is 51.6 Å². The fourth-order valence-electron chi connectivity index (χ4n) is 3.13. The average Bonchev–Trinajstić information content (AvgIpc) is 2.51. The first-order valence-corrected chi connectivity index (χ1v) is 8.71. The minimum atomic E-state index is -0.250. The van der Waals surface area contributed by atoms with Crippen molar-refractivity contribution < 1.29 is 19.5 Å².